The zero-order valence-electron chi connectivity index (χ0n) is 9.18. The molecule has 0 amide bonds. The molecular formula is C11H15N3O2. The molecule has 5 heteroatoms. The second-order valence-corrected chi connectivity index (χ2v) is 4.17. The number of carbonyl (C=O) groups is 1. The number of anilines is 1. The molecule has 16 heavy (non-hydrogen) atoms. The van der Waals surface area contributed by atoms with Gasteiger partial charge in [-0.1, -0.05) is 6.42 Å². The molecule has 1 heterocycles. The Morgan fingerprint density at radius 3 is 2.56 bits per heavy atom. The van der Waals surface area contributed by atoms with Gasteiger partial charge in [0.05, 0.1) is 0 Å². The first-order valence-corrected chi connectivity index (χ1v) is 5.48. The highest BCUT2D eigenvalue weighted by atomic mass is 16.4. The first kappa shape index (κ1) is 10.9. The van der Waals surface area contributed by atoms with Crippen LogP contribution in [0.15, 0.2) is 12.4 Å². The van der Waals surface area contributed by atoms with Gasteiger partial charge >= 0.3 is 5.97 Å². The van der Waals surface area contributed by atoms with Crippen LogP contribution in [0.5, 0.6) is 0 Å². The maximum absolute atomic E-state index is 10.6. The first-order valence-electron chi connectivity index (χ1n) is 5.48. The Morgan fingerprint density at radius 2 is 2.12 bits per heavy atom. The van der Waals surface area contributed by atoms with Gasteiger partial charge in [0.15, 0.2) is 0 Å². The Labute approximate surface area is 93.9 Å². The summed E-state index contributed by atoms with van der Waals surface area (Å²) in [6.07, 6.45) is 7.27. The van der Waals surface area contributed by atoms with E-state index in [2.05, 4.69) is 15.3 Å². The van der Waals surface area contributed by atoms with Gasteiger partial charge in [-0.15, -0.1) is 0 Å². The van der Waals surface area contributed by atoms with Crippen LogP contribution in [0.1, 0.15) is 37.7 Å². The van der Waals surface area contributed by atoms with Gasteiger partial charge in [-0.2, -0.15) is 0 Å². The van der Waals surface area contributed by atoms with Crippen molar-refractivity contribution >= 4 is 11.9 Å². The minimum atomic E-state index is -0.910. The van der Waals surface area contributed by atoms with E-state index in [0.29, 0.717) is 11.9 Å². The Hall–Kier alpha value is -1.65. The van der Waals surface area contributed by atoms with Gasteiger partial charge in [0.2, 0.25) is 5.95 Å². The lowest BCUT2D eigenvalue weighted by molar-refractivity contribution is -0.137. The SMILES string of the molecule is CC(Nc1ncc(C2CCC2)cn1)C(=O)O. The van der Waals surface area contributed by atoms with E-state index in [0.717, 1.165) is 5.56 Å². The third kappa shape index (κ3) is 2.29. The lowest BCUT2D eigenvalue weighted by Gasteiger charge is -2.25. The molecule has 1 aromatic heterocycles. The fourth-order valence-corrected chi connectivity index (χ4v) is 1.62. The van der Waals surface area contributed by atoms with Crippen LogP contribution in [0.2, 0.25) is 0 Å². The Bertz CT molecular complexity index is 373. The van der Waals surface area contributed by atoms with Crippen molar-refractivity contribution in [3.63, 3.8) is 0 Å². The molecule has 1 unspecified atom stereocenters. The summed E-state index contributed by atoms with van der Waals surface area (Å²) in [6, 6.07) is -0.672. The molecule has 0 spiro atoms. The third-order valence-electron chi connectivity index (χ3n) is 2.96. The van der Waals surface area contributed by atoms with E-state index in [9.17, 15) is 4.79 Å². The predicted molar refractivity (Wildman–Crippen MR) is 59.3 cm³/mol. The van der Waals surface area contributed by atoms with E-state index in [1.807, 2.05) is 0 Å². The normalized spacial score (nSPS) is 17.6. The van der Waals surface area contributed by atoms with Gasteiger partial charge in [0.1, 0.15) is 6.04 Å². The molecule has 1 aromatic rings. The van der Waals surface area contributed by atoms with Gasteiger partial charge in [0, 0.05) is 12.4 Å². The summed E-state index contributed by atoms with van der Waals surface area (Å²) >= 11 is 0. The van der Waals surface area contributed by atoms with Crippen molar-refractivity contribution in [3.8, 4) is 0 Å². The molecule has 0 bridgehead atoms. The summed E-state index contributed by atoms with van der Waals surface area (Å²) in [5.41, 5.74) is 1.15. The van der Waals surface area contributed by atoms with Crippen LogP contribution in [0.25, 0.3) is 0 Å². The van der Waals surface area contributed by atoms with Crippen molar-refractivity contribution in [2.24, 2.45) is 0 Å². The lowest BCUT2D eigenvalue weighted by Crippen LogP contribution is -2.26. The van der Waals surface area contributed by atoms with E-state index in [4.69, 9.17) is 5.11 Å². The fourth-order valence-electron chi connectivity index (χ4n) is 1.62. The van der Waals surface area contributed by atoms with Crippen molar-refractivity contribution in [2.75, 3.05) is 5.32 Å². The average Bonchev–Trinajstić information content (AvgIpc) is 2.18. The quantitative estimate of drug-likeness (QED) is 0.808. The van der Waals surface area contributed by atoms with Crippen LogP contribution >= 0.6 is 0 Å². The standard InChI is InChI=1S/C11H15N3O2/c1-7(10(15)16)14-11-12-5-9(6-13-11)8-3-2-4-8/h5-8H,2-4H2,1H3,(H,15,16)(H,12,13,14). The number of aliphatic carboxylic acids is 1. The Balaban J connectivity index is 1.98. The summed E-state index contributed by atoms with van der Waals surface area (Å²) in [4.78, 5) is 18.9. The van der Waals surface area contributed by atoms with Crippen LogP contribution in [0.4, 0.5) is 5.95 Å². The molecular weight excluding hydrogens is 206 g/mol. The summed E-state index contributed by atoms with van der Waals surface area (Å²) in [7, 11) is 0. The number of rotatable bonds is 4. The minimum Gasteiger partial charge on any atom is -0.480 e. The zero-order valence-corrected chi connectivity index (χ0v) is 9.18. The molecule has 1 aliphatic carbocycles. The predicted octanol–water partition coefficient (Wildman–Crippen LogP) is 1.63. The minimum absolute atomic E-state index is 0.373. The highest BCUT2D eigenvalue weighted by Crippen LogP contribution is 2.35. The van der Waals surface area contributed by atoms with Crippen LogP contribution in [0, 0.1) is 0 Å². The number of hydrogen-bond acceptors (Lipinski definition) is 4. The molecule has 86 valence electrons. The molecule has 5 nitrogen and oxygen atoms in total. The Kier molecular flexibility index (Phi) is 3.03. The summed E-state index contributed by atoms with van der Waals surface area (Å²) < 4.78 is 0. The third-order valence-corrected chi connectivity index (χ3v) is 2.96. The van der Waals surface area contributed by atoms with Gasteiger partial charge in [-0.05, 0) is 31.2 Å². The smallest absolute Gasteiger partial charge is 0.325 e. The molecule has 1 fully saturated rings. The molecule has 0 radical (unpaired) electrons. The maximum atomic E-state index is 10.6. The number of carboxylic acid groups (broad SMARTS) is 1. The lowest BCUT2D eigenvalue weighted by atomic mass is 9.81. The first-order chi connectivity index (χ1) is 7.66. The molecule has 1 saturated carbocycles. The van der Waals surface area contributed by atoms with Crippen LogP contribution < -0.4 is 5.32 Å². The van der Waals surface area contributed by atoms with Crippen LogP contribution in [0.3, 0.4) is 0 Å². The number of nitrogens with one attached hydrogen (secondary N) is 1. The number of carboxylic acids is 1. The molecule has 0 saturated heterocycles. The van der Waals surface area contributed by atoms with Gasteiger partial charge < -0.3 is 10.4 Å². The zero-order chi connectivity index (χ0) is 11.5. The highest BCUT2D eigenvalue weighted by molar-refractivity contribution is 5.75. The van der Waals surface area contributed by atoms with Crippen molar-refractivity contribution in [3.05, 3.63) is 18.0 Å². The molecule has 0 aliphatic heterocycles. The summed E-state index contributed by atoms with van der Waals surface area (Å²) in [6.45, 7) is 1.56. The molecule has 1 atom stereocenters. The highest BCUT2D eigenvalue weighted by Gasteiger charge is 2.20. The fraction of sp³-hybridized carbons (Fsp3) is 0.545. The summed E-state index contributed by atoms with van der Waals surface area (Å²) in [5.74, 6) is 0.0654. The number of hydrogen-bond donors (Lipinski definition) is 2. The van der Waals surface area contributed by atoms with Gasteiger partial charge in [-0.3, -0.25) is 4.79 Å². The van der Waals surface area contributed by atoms with E-state index in [1.54, 1.807) is 19.3 Å². The van der Waals surface area contributed by atoms with E-state index in [-0.39, 0.29) is 0 Å². The van der Waals surface area contributed by atoms with Gasteiger partial charge in [0.25, 0.3) is 0 Å². The summed E-state index contributed by atoms with van der Waals surface area (Å²) in [5, 5.41) is 11.4. The molecule has 1 aliphatic rings. The van der Waals surface area contributed by atoms with E-state index in [1.165, 1.54) is 19.3 Å². The van der Waals surface area contributed by atoms with Gasteiger partial charge in [-0.25, -0.2) is 9.97 Å². The topological polar surface area (TPSA) is 75.1 Å². The van der Waals surface area contributed by atoms with Crippen LogP contribution in [-0.2, 0) is 4.79 Å². The number of nitrogens with zero attached hydrogens (tertiary/aromatic N) is 2. The van der Waals surface area contributed by atoms with Crippen LogP contribution in [-0.4, -0.2) is 27.1 Å². The van der Waals surface area contributed by atoms with E-state index < -0.39 is 12.0 Å². The largest absolute Gasteiger partial charge is 0.480 e. The second kappa shape index (κ2) is 4.47. The molecule has 2 rings (SSSR count). The van der Waals surface area contributed by atoms with Crippen molar-refractivity contribution in [2.45, 2.75) is 38.1 Å². The number of aromatic nitrogens is 2. The average molecular weight is 221 g/mol. The molecule has 0 aromatic carbocycles. The van der Waals surface area contributed by atoms with Crippen molar-refractivity contribution in [1.82, 2.24) is 9.97 Å². The Morgan fingerprint density at radius 1 is 1.50 bits per heavy atom. The van der Waals surface area contributed by atoms with Crippen molar-refractivity contribution < 1.29 is 9.90 Å². The second-order valence-electron chi connectivity index (χ2n) is 4.17. The molecule has 2 N–H and O–H groups in total. The maximum Gasteiger partial charge on any atom is 0.325 e. The van der Waals surface area contributed by atoms with Crippen molar-refractivity contribution in [1.29, 1.82) is 0 Å². The van der Waals surface area contributed by atoms with E-state index >= 15 is 0 Å². The monoisotopic (exact) mass is 221 g/mol.